The first kappa shape index (κ1) is 17.2. The molecule has 2 rings (SSSR count). The van der Waals surface area contributed by atoms with Crippen molar-refractivity contribution in [1.29, 1.82) is 0 Å². The highest BCUT2D eigenvalue weighted by molar-refractivity contribution is 5.81. The number of ether oxygens (including phenoxy) is 2. The third kappa shape index (κ3) is 4.95. The van der Waals surface area contributed by atoms with Crippen molar-refractivity contribution in [1.82, 2.24) is 0 Å². The number of esters is 2. The van der Waals surface area contributed by atoms with Crippen LogP contribution in [0, 0.1) is 0 Å². The second kappa shape index (κ2) is 8.48. The zero-order chi connectivity index (χ0) is 17.4. The predicted octanol–water partition coefficient (Wildman–Crippen LogP) is 3.81. The molecule has 2 aromatic carbocycles. The summed E-state index contributed by atoms with van der Waals surface area (Å²) in [4.78, 5) is 22.2. The van der Waals surface area contributed by atoms with E-state index in [1.165, 1.54) is 0 Å². The fourth-order valence-corrected chi connectivity index (χ4v) is 2.06. The van der Waals surface area contributed by atoms with Gasteiger partial charge in [-0.15, -0.1) is 0 Å². The molecule has 2 aromatic rings. The monoisotopic (exact) mass is 322 g/mol. The van der Waals surface area contributed by atoms with E-state index in [0.29, 0.717) is 0 Å². The van der Waals surface area contributed by atoms with E-state index in [1.807, 2.05) is 48.5 Å². The maximum atomic E-state index is 11.1. The van der Waals surface area contributed by atoms with Crippen molar-refractivity contribution < 1.29 is 19.1 Å². The van der Waals surface area contributed by atoms with Crippen molar-refractivity contribution >= 4 is 11.9 Å². The number of hydrogen-bond donors (Lipinski definition) is 0. The first-order valence-electron chi connectivity index (χ1n) is 7.39. The van der Waals surface area contributed by atoms with Crippen LogP contribution in [-0.2, 0) is 32.3 Å². The molecule has 24 heavy (non-hydrogen) atoms. The van der Waals surface area contributed by atoms with Crippen LogP contribution in [0.2, 0.25) is 0 Å². The van der Waals surface area contributed by atoms with Crippen LogP contribution in [0.4, 0.5) is 0 Å². The fraction of sp³-hybridized carbons (Fsp3) is 0.100. The van der Waals surface area contributed by atoms with Crippen molar-refractivity contribution in [3.05, 3.63) is 85.0 Å². The highest BCUT2D eigenvalue weighted by Gasteiger charge is 2.03. The highest BCUT2D eigenvalue weighted by atomic mass is 16.5. The van der Waals surface area contributed by atoms with Crippen LogP contribution in [0.1, 0.15) is 11.1 Å². The molecule has 0 aromatic heterocycles. The van der Waals surface area contributed by atoms with Gasteiger partial charge in [0.05, 0.1) is 0 Å². The van der Waals surface area contributed by atoms with Gasteiger partial charge in [0.15, 0.2) is 0 Å². The van der Waals surface area contributed by atoms with E-state index in [1.54, 1.807) is 0 Å². The van der Waals surface area contributed by atoms with Gasteiger partial charge in [-0.2, -0.15) is 0 Å². The van der Waals surface area contributed by atoms with Gasteiger partial charge in [0.2, 0.25) is 0 Å². The maximum Gasteiger partial charge on any atom is 0.330 e. The molecule has 0 fully saturated rings. The second-order valence-corrected chi connectivity index (χ2v) is 5.02. The number of hydrogen-bond acceptors (Lipinski definition) is 4. The summed E-state index contributed by atoms with van der Waals surface area (Å²) in [6.07, 6.45) is 2.28. The molecule has 0 bridgehead atoms. The van der Waals surface area contributed by atoms with Gasteiger partial charge in [0, 0.05) is 12.2 Å². The lowest BCUT2D eigenvalue weighted by atomic mass is 10.0. The van der Waals surface area contributed by atoms with E-state index in [9.17, 15) is 9.59 Å². The Morgan fingerprint density at radius 3 is 1.96 bits per heavy atom. The van der Waals surface area contributed by atoms with Crippen LogP contribution >= 0.6 is 0 Å². The van der Waals surface area contributed by atoms with Gasteiger partial charge in [-0.3, -0.25) is 0 Å². The van der Waals surface area contributed by atoms with Crippen LogP contribution in [0.25, 0.3) is 11.1 Å². The minimum Gasteiger partial charge on any atom is -0.458 e. The molecule has 0 heterocycles. The maximum absolute atomic E-state index is 11.1. The molecular formula is C20H18O4. The van der Waals surface area contributed by atoms with Crippen molar-refractivity contribution in [2.75, 3.05) is 0 Å². The molecule has 0 unspecified atom stereocenters. The van der Waals surface area contributed by atoms with Crippen LogP contribution in [0.15, 0.2) is 73.8 Å². The van der Waals surface area contributed by atoms with Crippen LogP contribution < -0.4 is 0 Å². The first-order valence-corrected chi connectivity index (χ1v) is 7.39. The summed E-state index contributed by atoms with van der Waals surface area (Å²) < 4.78 is 10.0. The molecule has 0 aliphatic heterocycles. The summed E-state index contributed by atoms with van der Waals surface area (Å²) >= 11 is 0. The van der Waals surface area contributed by atoms with Crippen LogP contribution in [0.3, 0.4) is 0 Å². The molecule has 0 amide bonds. The quantitative estimate of drug-likeness (QED) is 0.574. The van der Waals surface area contributed by atoms with Crippen LogP contribution in [-0.4, -0.2) is 11.9 Å². The summed E-state index contributed by atoms with van der Waals surface area (Å²) in [6.45, 7) is 7.13. The summed E-state index contributed by atoms with van der Waals surface area (Å²) in [7, 11) is 0. The Morgan fingerprint density at radius 2 is 1.38 bits per heavy atom. The van der Waals surface area contributed by atoms with Crippen molar-refractivity contribution in [2.24, 2.45) is 0 Å². The summed E-state index contributed by atoms with van der Waals surface area (Å²) in [5.41, 5.74) is 3.82. The topological polar surface area (TPSA) is 52.6 Å². The molecule has 0 saturated heterocycles. The molecule has 4 nitrogen and oxygen atoms in total. The Morgan fingerprint density at radius 1 is 0.792 bits per heavy atom. The molecule has 0 atom stereocenters. The Hall–Kier alpha value is -3.14. The smallest absolute Gasteiger partial charge is 0.330 e. The third-order valence-electron chi connectivity index (χ3n) is 3.31. The van der Waals surface area contributed by atoms with E-state index in [0.717, 1.165) is 34.4 Å². The van der Waals surface area contributed by atoms with E-state index in [-0.39, 0.29) is 13.2 Å². The Kier molecular flexibility index (Phi) is 6.08. The largest absolute Gasteiger partial charge is 0.458 e. The molecule has 0 aliphatic carbocycles. The number of carbonyl (C=O) groups excluding carboxylic acids is 2. The summed E-state index contributed by atoms with van der Waals surface area (Å²) in [5.74, 6) is -0.889. The highest BCUT2D eigenvalue weighted by Crippen LogP contribution is 2.21. The average Bonchev–Trinajstić information content (AvgIpc) is 2.64. The third-order valence-corrected chi connectivity index (χ3v) is 3.31. The van der Waals surface area contributed by atoms with Gasteiger partial charge in [0.1, 0.15) is 13.2 Å². The molecule has 0 spiro atoms. The fourth-order valence-electron chi connectivity index (χ4n) is 2.06. The molecule has 0 aliphatic rings. The molecule has 4 heteroatoms. The van der Waals surface area contributed by atoms with E-state index in [4.69, 9.17) is 9.47 Å². The lowest BCUT2D eigenvalue weighted by molar-refractivity contribution is -0.139. The van der Waals surface area contributed by atoms with Crippen molar-refractivity contribution in [3.8, 4) is 11.1 Å². The summed E-state index contributed by atoms with van der Waals surface area (Å²) in [6, 6.07) is 15.4. The van der Waals surface area contributed by atoms with Crippen molar-refractivity contribution in [2.45, 2.75) is 13.2 Å². The van der Waals surface area contributed by atoms with Crippen molar-refractivity contribution in [3.63, 3.8) is 0 Å². The lowest BCUT2D eigenvalue weighted by Crippen LogP contribution is -2.00. The Bertz CT molecular complexity index is 744. The molecule has 0 saturated carbocycles. The zero-order valence-electron chi connectivity index (χ0n) is 13.2. The standard InChI is InChI=1S/C20H18O4/c1-3-19(21)23-13-15-8-10-17(11-9-15)18-7-5-6-16(12-18)14-24-20(22)4-2/h3-12H,1-2,13-14H2. The molecular weight excluding hydrogens is 304 g/mol. The van der Waals surface area contributed by atoms with Crippen LogP contribution in [0.5, 0.6) is 0 Å². The molecule has 0 radical (unpaired) electrons. The molecule has 122 valence electrons. The minimum absolute atomic E-state index is 0.203. The average molecular weight is 322 g/mol. The number of rotatable bonds is 7. The molecule has 0 N–H and O–H groups in total. The predicted molar refractivity (Wildman–Crippen MR) is 91.9 cm³/mol. The zero-order valence-corrected chi connectivity index (χ0v) is 13.2. The van der Waals surface area contributed by atoms with E-state index < -0.39 is 11.9 Å². The van der Waals surface area contributed by atoms with Gasteiger partial charge in [-0.1, -0.05) is 55.6 Å². The van der Waals surface area contributed by atoms with Gasteiger partial charge >= 0.3 is 11.9 Å². The van der Waals surface area contributed by atoms with Gasteiger partial charge in [-0.25, -0.2) is 9.59 Å². The second-order valence-electron chi connectivity index (χ2n) is 5.02. The van der Waals surface area contributed by atoms with E-state index in [2.05, 4.69) is 13.2 Å². The SMILES string of the molecule is C=CC(=O)OCc1ccc(-c2cccc(COC(=O)C=C)c2)cc1. The lowest BCUT2D eigenvalue weighted by Gasteiger charge is -2.07. The first-order chi connectivity index (χ1) is 11.6. The van der Waals surface area contributed by atoms with Gasteiger partial charge in [-0.05, 0) is 28.3 Å². The summed E-state index contributed by atoms with van der Waals surface area (Å²) in [5, 5.41) is 0. The van der Waals surface area contributed by atoms with Gasteiger partial charge in [0.25, 0.3) is 0 Å². The number of benzene rings is 2. The van der Waals surface area contributed by atoms with Gasteiger partial charge < -0.3 is 9.47 Å². The Balaban J connectivity index is 2.05. The normalized spacial score (nSPS) is 9.83. The minimum atomic E-state index is -0.446. The number of carbonyl (C=O) groups is 2. The van der Waals surface area contributed by atoms with E-state index >= 15 is 0 Å². The Labute approximate surface area is 141 Å².